The number of rotatable bonds is 18. The summed E-state index contributed by atoms with van der Waals surface area (Å²) in [4.78, 5) is 22.1. The van der Waals surface area contributed by atoms with Gasteiger partial charge in [0, 0.05) is 20.1 Å². The maximum Gasteiger partial charge on any atom is 0.320 e. The van der Waals surface area contributed by atoms with Crippen molar-refractivity contribution in [3.8, 4) is 0 Å². The van der Waals surface area contributed by atoms with E-state index in [-0.39, 0.29) is 12.3 Å². The molecule has 0 radical (unpaired) electrons. The zero-order valence-electron chi connectivity index (χ0n) is 15.0. The van der Waals surface area contributed by atoms with Gasteiger partial charge >= 0.3 is 5.97 Å². The molecule has 0 heterocycles. The van der Waals surface area contributed by atoms with Crippen LogP contribution in [0, 0.1) is 0 Å². The largest absolute Gasteiger partial charge is 0.480 e. The smallest absolute Gasteiger partial charge is 0.320 e. The highest BCUT2D eigenvalue weighted by Gasteiger charge is 2.10. The molecule has 0 saturated heterocycles. The number of aliphatic carboxylic acids is 1. The number of carboxylic acids is 1. The second kappa shape index (κ2) is 17.6. The van der Waals surface area contributed by atoms with E-state index in [2.05, 4.69) is 5.32 Å². The lowest BCUT2D eigenvalue weighted by molar-refractivity contribution is -0.138. The average Bonchev–Trinajstić information content (AvgIpc) is 2.59. The highest BCUT2D eigenvalue weighted by atomic mass is 16.6. The summed E-state index contributed by atoms with van der Waals surface area (Å²) in [5.41, 5.74) is 5.38. The Hall–Kier alpha value is -1.26. The third-order valence-electron chi connectivity index (χ3n) is 3.23. The summed E-state index contributed by atoms with van der Waals surface area (Å²) in [6, 6.07) is -0.830. The van der Waals surface area contributed by atoms with Crippen LogP contribution in [0.2, 0.25) is 0 Å². The maximum atomic E-state index is 11.5. The number of methoxy groups -OCH3 is 1. The molecule has 1 amide bonds. The summed E-state index contributed by atoms with van der Waals surface area (Å²) in [5, 5.41) is 11.4. The van der Waals surface area contributed by atoms with Crippen molar-refractivity contribution in [2.75, 3.05) is 59.9 Å². The number of unbranched alkanes of at least 4 members (excludes halogenated alkanes) is 1. The fraction of sp³-hybridized carbons (Fsp3) is 0.875. The molecule has 0 bridgehead atoms. The van der Waals surface area contributed by atoms with Crippen molar-refractivity contribution in [2.45, 2.75) is 31.7 Å². The van der Waals surface area contributed by atoms with E-state index in [9.17, 15) is 9.59 Å². The van der Waals surface area contributed by atoms with Gasteiger partial charge in [-0.3, -0.25) is 9.59 Å². The Morgan fingerprint density at radius 1 is 0.960 bits per heavy atom. The molecule has 0 aromatic rings. The van der Waals surface area contributed by atoms with Gasteiger partial charge in [0.2, 0.25) is 5.91 Å². The Morgan fingerprint density at radius 2 is 1.52 bits per heavy atom. The van der Waals surface area contributed by atoms with E-state index < -0.39 is 12.0 Å². The van der Waals surface area contributed by atoms with Crippen LogP contribution in [-0.4, -0.2) is 82.9 Å². The van der Waals surface area contributed by atoms with E-state index in [4.69, 9.17) is 29.8 Å². The standard InChI is InChI=1S/C16H32N2O7/c1-22-8-9-24-12-13-25-11-10-23-7-5-15(19)18-6-3-2-4-14(17)16(20)21/h14H,2-13,17H2,1H3,(H,18,19)(H,20,21)/t14-/m1/s1. The van der Waals surface area contributed by atoms with Gasteiger partial charge in [-0.05, 0) is 19.3 Å². The molecule has 0 saturated carbocycles. The molecular weight excluding hydrogens is 332 g/mol. The van der Waals surface area contributed by atoms with E-state index in [1.807, 2.05) is 0 Å². The zero-order chi connectivity index (χ0) is 18.8. The van der Waals surface area contributed by atoms with Crippen molar-refractivity contribution < 1.29 is 33.6 Å². The van der Waals surface area contributed by atoms with Gasteiger partial charge in [-0.25, -0.2) is 0 Å². The minimum absolute atomic E-state index is 0.0880. The predicted octanol–water partition coefficient (Wildman–Crippen LogP) is -0.229. The van der Waals surface area contributed by atoms with E-state index in [1.165, 1.54) is 0 Å². The Balaban J connectivity index is 3.24. The van der Waals surface area contributed by atoms with Gasteiger partial charge in [-0.15, -0.1) is 0 Å². The van der Waals surface area contributed by atoms with Crippen LogP contribution in [0.1, 0.15) is 25.7 Å². The summed E-state index contributed by atoms with van der Waals surface area (Å²) in [6.45, 7) is 3.87. The van der Waals surface area contributed by atoms with Crippen molar-refractivity contribution in [1.29, 1.82) is 0 Å². The van der Waals surface area contributed by atoms with Gasteiger partial charge < -0.3 is 35.1 Å². The fourth-order valence-electron chi connectivity index (χ4n) is 1.78. The van der Waals surface area contributed by atoms with Crippen molar-refractivity contribution in [1.82, 2.24) is 5.32 Å². The Bertz CT molecular complexity index is 342. The molecule has 0 rings (SSSR count). The zero-order valence-corrected chi connectivity index (χ0v) is 15.0. The molecule has 0 aliphatic rings. The maximum absolute atomic E-state index is 11.5. The van der Waals surface area contributed by atoms with Crippen LogP contribution in [0.4, 0.5) is 0 Å². The van der Waals surface area contributed by atoms with E-state index in [1.54, 1.807) is 7.11 Å². The quantitative estimate of drug-likeness (QED) is 0.284. The first-order valence-corrected chi connectivity index (χ1v) is 8.55. The van der Waals surface area contributed by atoms with Gasteiger partial charge in [-0.1, -0.05) is 0 Å². The number of carboxylic acid groups (broad SMARTS) is 1. The topological polar surface area (TPSA) is 129 Å². The first-order chi connectivity index (χ1) is 12.1. The molecule has 148 valence electrons. The van der Waals surface area contributed by atoms with E-state index in [0.717, 1.165) is 0 Å². The molecule has 0 aliphatic heterocycles. The molecule has 4 N–H and O–H groups in total. The summed E-state index contributed by atoms with van der Waals surface area (Å²) < 4.78 is 20.7. The van der Waals surface area contributed by atoms with Gasteiger partial charge in [-0.2, -0.15) is 0 Å². The molecule has 0 fully saturated rings. The third kappa shape index (κ3) is 17.4. The molecule has 0 aromatic heterocycles. The predicted molar refractivity (Wildman–Crippen MR) is 91.4 cm³/mol. The number of nitrogens with one attached hydrogen (secondary N) is 1. The lowest BCUT2D eigenvalue weighted by Gasteiger charge is -2.08. The summed E-state index contributed by atoms with van der Waals surface area (Å²) in [6.07, 6.45) is 2.06. The average molecular weight is 364 g/mol. The van der Waals surface area contributed by atoms with Gasteiger partial charge in [0.05, 0.1) is 46.2 Å². The van der Waals surface area contributed by atoms with Crippen LogP contribution in [-0.2, 0) is 28.5 Å². The van der Waals surface area contributed by atoms with Crippen LogP contribution in [0.5, 0.6) is 0 Å². The SMILES string of the molecule is COCCOCCOCCOCCC(=O)NCCCC[C@@H](N)C(=O)O. The normalized spacial score (nSPS) is 12.1. The van der Waals surface area contributed by atoms with Crippen molar-refractivity contribution in [3.05, 3.63) is 0 Å². The second-order valence-corrected chi connectivity index (χ2v) is 5.37. The first kappa shape index (κ1) is 23.7. The first-order valence-electron chi connectivity index (χ1n) is 8.55. The monoisotopic (exact) mass is 364 g/mol. The highest BCUT2D eigenvalue weighted by molar-refractivity contribution is 5.75. The molecule has 9 nitrogen and oxygen atoms in total. The molecule has 0 aromatic carbocycles. The number of hydrogen-bond acceptors (Lipinski definition) is 7. The third-order valence-corrected chi connectivity index (χ3v) is 3.23. The molecular formula is C16H32N2O7. The number of amides is 1. The lowest BCUT2D eigenvalue weighted by atomic mass is 10.1. The van der Waals surface area contributed by atoms with Gasteiger partial charge in [0.1, 0.15) is 6.04 Å². The molecule has 0 unspecified atom stereocenters. The number of hydrogen-bond donors (Lipinski definition) is 3. The van der Waals surface area contributed by atoms with Crippen LogP contribution in [0.25, 0.3) is 0 Å². The minimum atomic E-state index is -0.996. The highest BCUT2D eigenvalue weighted by Crippen LogP contribution is 1.98. The van der Waals surface area contributed by atoms with Crippen molar-refractivity contribution >= 4 is 11.9 Å². The molecule has 0 spiro atoms. The number of carbonyl (C=O) groups excluding carboxylic acids is 1. The number of carbonyl (C=O) groups is 2. The Kier molecular flexibility index (Phi) is 16.7. The lowest BCUT2D eigenvalue weighted by Crippen LogP contribution is -2.30. The summed E-state index contributed by atoms with van der Waals surface area (Å²) in [7, 11) is 1.62. The Labute approximate surface area is 149 Å². The van der Waals surface area contributed by atoms with Crippen LogP contribution < -0.4 is 11.1 Å². The molecule has 1 atom stereocenters. The Morgan fingerprint density at radius 3 is 2.08 bits per heavy atom. The molecule has 25 heavy (non-hydrogen) atoms. The van der Waals surface area contributed by atoms with Crippen molar-refractivity contribution in [2.24, 2.45) is 5.73 Å². The minimum Gasteiger partial charge on any atom is -0.480 e. The number of ether oxygens (including phenoxy) is 4. The number of nitrogens with two attached hydrogens (primary N) is 1. The molecule has 0 aliphatic carbocycles. The van der Waals surface area contributed by atoms with Crippen LogP contribution >= 0.6 is 0 Å². The van der Waals surface area contributed by atoms with Gasteiger partial charge in [0.15, 0.2) is 0 Å². The molecule has 9 heteroatoms. The second-order valence-electron chi connectivity index (χ2n) is 5.37. The summed E-state index contributed by atoms with van der Waals surface area (Å²) >= 11 is 0. The van der Waals surface area contributed by atoms with Crippen LogP contribution in [0.3, 0.4) is 0 Å². The fourth-order valence-corrected chi connectivity index (χ4v) is 1.78. The van der Waals surface area contributed by atoms with Crippen molar-refractivity contribution in [3.63, 3.8) is 0 Å². The van der Waals surface area contributed by atoms with Gasteiger partial charge in [0.25, 0.3) is 0 Å². The van der Waals surface area contributed by atoms with E-state index >= 15 is 0 Å². The summed E-state index contributed by atoms with van der Waals surface area (Å²) in [5.74, 6) is -1.08. The van der Waals surface area contributed by atoms with Crippen LogP contribution in [0.15, 0.2) is 0 Å². The van der Waals surface area contributed by atoms with E-state index in [0.29, 0.717) is 72.1 Å².